The Morgan fingerprint density at radius 3 is 2.28 bits per heavy atom. The number of hydrogen-bond donors (Lipinski definition) is 1. The highest BCUT2D eigenvalue weighted by molar-refractivity contribution is 5.90. The molecule has 0 bridgehead atoms. The van der Waals surface area contributed by atoms with Gasteiger partial charge in [-0.25, -0.2) is 0 Å². The Balaban J connectivity index is 2.05. The SMILES string of the molecule is CC(=O)N(Cc1ccc(NC(=O)Cn2cccc(C(F)(F)F)c2=O)cc1)C(C)C. The van der Waals surface area contributed by atoms with Gasteiger partial charge in [0.15, 0.2) is 0 Å². The molecule has 0 spiro atoms. The van der Waals surface area contributed by atoms with Crippen LogP contribution in [0.4, 0.5) is 18.9 Å². The molecule has 1 aromatic heterocycles. The Morgan fingerprint density at radius 2 is 1.76 bits per heavy atom. The molecule has 1 heterocycles. The van der Waals surface area contributed by atoms with Gasteiger partial charge < -0.3 is 14.8 Å². The van der Waals surface area contributed by atoms with Crippen molar-refractivity contribution in [3.63, 3.8) is 0 Å². The van der Waals surface area contributed by atoms with Crippen molar-refractivity contribution in [1.29, 1.82) is 0 Å². The Bertz CT molecular complexity index is 934. The largest absolute Gasteiger partial charge is 0.421 e. The van der Waals surface area contributed by atoms with Gasteiger partial charge in [0.1, 0.15) is 12.1 Å². The summed E-state index contributed by atoms with van der Waals surface area (Å²) in [5.74, 6) is -0.685. The van der Waals surface area contributed by atoms with Gasteiger partial charge in [-0.05, 0) is 43.7 Å². The van der Waals surface area contributed by atoms with Crippen LogP contribution in [0.2, 0.25) is 0 Å². The third kappa shape index (κ3) is 5.94. The minimum Gasteiger partial charge on any atom is -0.336 e. The standard InChI is InChI=1S/C20H22F3N3O3/c1-13(2)26(14(3)27)11-15-6-8-16(9-7-15)24-18(28)12-25-10-4-5-17(19(25)29)20(21,22)23/h4-10,13H,11-12H2,1-3H3,(H,24,28). The number of nitrogens with zero attached hydrogens (tertiary/aromatic N) is 2. The smallest absolute Gasteiger partial charge is 0.336 e. The van der Waals surface area contributed by atoms with Crippen LogP contribution in [0.15, 0.2) is 47.4 Å². The second kappa shape index (κ2) is 8.93. The van der Waals surface area contributed by atoms with Crippen LogP contribution in [0.25, 0.3) is 0 Å². The number of rotatable bonds is 6. The first kappa shape index (κ1) is 22.2. The van der Waals surface area contributed by atoms with E-state index in [1.807, 2.05) is 13.8 Å². The van der Waals surface area contributed by atoms with Crippen LogP contribution in [-0.4, -0.2) is 27.3 Å². The summed E-state index contributed by atoms with van der Waals surface area (Å²) in [7, 11) is 0. The minimum absolute atomic E-state index is 0.0395. The topological polar surface area (TPSA) is 71.4 Å². The first-order chi connectivity index (χ1) is 13.5. The molecule has 0 radical (unpaired) electrons. The lowest BCUT2D eigenvalue weighted by Crippen LogP contribution is -2.34. The lowest BCUT2D eigenvalue weighted by Gasteiger charge is -2.25. The van der Waals surface area contributed by atoms with E-state index in [4.69, 9.17) is 0 Å². The number of hydrogen-bond acceptors (Lipinski definition) is 3. The zero-order valence-corrected chi connectivity index (χ0v) is 16.3. The van der Waals surface area contributed by atoms with Crippen LogP contribution < -0.4 is 10.9 Å². The maximum Gasteiger partial charge on any atom is 0.421 e. The van der Waals surface area contributed by atoms with E-state index in [2.05, 4.69) is 5.32 Å². The van der Waals surface area contributed by atoms with E-state index < -0.39 is 29.8 Å². The molecule has 0 aliphatic heterocycles. The van der Waals surface area contributed by atoms with Crippen LogP contribution in [0, 0.1) is 0 Å². The number of benzene rings is 1. The Kier molecular flexibility index (Phi) is 6.84. The lowest BCUT2D eigenvalue weighted by atomic mass is 10.1. The first-order valence-electron chi connectivity index (χ1n) is 8.91. The van der Waals surface area contributed by atoms with Gasteiger partial charge in [-0.3, -0.25) is 14.4 Å². The van der Waals surface area contributed by atoms with Crippen LogP contribution in [-0.2, 0) is 28.9 Å². The van der Waals surface area contributed by atoms with Gasteiger partial charge in [-0.15, -0.1) is 0 Å². The monoisotopic (exact) mass is 409 g/mol. The van der Waals surface area contributed by atoms with Crippen molar-refractivity contribution in [2.75, 3.05) is 5.32 Å². The zero-order chi connectivity index (χ0) is 21.8. The van der Waals surface area contributed by atoms with Gasteiger partial charge in [-0.1, -0.05) is 12.1 Å². The molecule has 1 aromatic carbocycles. The lowest BCUT2D eigenvalue weighted by molar-refractivity contribution is -0.139. The number of halogens is 3. The number of carbonyl (C=O) groups is 2. The maximum atomic E-state index is 12.8. The molecular weight excluding hydrogens is 387 g/mol. The summed E-state index contributed by atoms with van der Waals surface area (Å²) in [6.07, 6.45) is -3.65. The van der Waals surface area contributed by atoms with Crippen LogP contribution in [0.3, 0.4) is 0 Å². The van der Waals surface area contributed by atoms with Gasteiger partial charge >= 0.3 is 6.18 Å². The molecule has 1 N–H and O–H groups in total. The molecule has 2 rings (SSSR count). The predicted molar refractivity (Wildman–Crippen MR) is 102 cm³/mol. The normalized spacial score (nSPS) is 11.4. The second-order valence-electron chi connectivity index (χ2n) is 6.84. The molecule has 6 nitrogen and oxygen atoms in total. The summed E-state index contributed by atoms with van der Waals surface area (Å²) in [6, 6.07) is 8.52. The zero-order valence-electron chi connectivity index (χ0n) is 16.3. The van der Waals surface area contributed by atoms with Crippen molar-refractivity contribution in [3.8, 4) is 0 Å². The Hall–Kier alpha value is -3.10. The van der Waals surface area contributed by atoms with E-state index in [0.717, 1.165) is 17.8 Å². The van der Waals surface area contributed by atoms with Gasteiger partial charge in [0.2, 0.25) is 11.8 Å². The quantitative estimate of drug-likeness (QED) is 0.796. The molecule has 0 unspecified atom stereocenters. The molecule has 0 saturated heterocycles. The molecule has 0 aliphatic rings. The molecule has 9 heteroatoms. The van der Waals surface area contributed by atoms with Crippen molar-refractivity contribution in [2.24, 2.45) is 0 Å². The summed E-state index contributed by atoms with van der Waals surface area (Å²) in [5.41, 5.74) is -1.31. The summed E-state index contributed by atoms with van der Waals surface area (Å²) < 4.78 is 39.1. The van der Waals surface area contributed by atoms with Crippen LogP contribution in [0.1, 0.15) is 31.9 Å². The summed E-state index contributed by atoms with van der Waals surface area (Å²) >= 11 is 0. The van der Waals surface area contributed by atoms with E-state index in [9.17, 15) is 27.6 Å². The van der Waals surface area contributed by atoms with E-state index >= 15 is 0 Å². The molecule has 156 valence electrons. The first-order valence-corrected chi connectivity index (χ1v) is 8.91. The van der Waals surface area contributed by atoms with Crippen molar-refractivity contribution < 1.29 is 22.8 Å². The van der Waals surface area contributed by atoms with E-state index in [0.29, 0.717) is 22.9 Å². The van der Waals surface area contributed by atoms with E-state index in [1.165, 1.54) is 6.92 Å². The number of pyridine rings is 1. The third-order valence-corrected chi connectivity index (χ3v) is 4.26. The minimum atomic E-state index is -4.78. The average molecular weight is 409 g/mol. The molecule has 2 amide bonds. The van der Waals surface area contributed by atoms with Crippen molar-refractivity contribution >= 4 is 17.5 Å². The Labute approximate surface area is 165 Å². The van der Waals surface area contributed by atoms with E-state index in [1.54, 1.807) is 29.2 Å². The molecule has 0 atom stereocenters. The number of aromatic nitrogens is 1. The van der Waals surface area contributed by atoms with Crippen LogP contribution >= 0.6 is 0 Å². The van der Waals surface area contributed by atoms with Gasteiger partial charge in [0.25, 0.3) is 5.56 Å². The summed E-state index contributed by atoms with van der Waals surface area (Å²) in [5, 5.41) is 2.54. The predicted octanol–water partition coefficient (Wildman–Crippen LogP) is 3.26. The molecule has 0 saturated carbocycles. The maximum absolute atomic E-state index is 12.8. The highest BCUT2D eigenvalue weighted by Gasteiger charge is 2.34. The fraction of sp³-hybridized carbons (Fsp3) is 0.350. The van der Waals surface area contributed by atoms with Crippen molar-refractivity contribution in [2.45, 2.75) is 46.1 Å². The summed E-state index contributed by atoms with van der Waals surface area (Å²) in [4.78, 5) is 37.4. The second-order valence-corrected chi connectivity index (χ2v) is 6.84. The number of amides is 2. The fourth-order valence-corrected chi connectivity index (χ4v) is 2.78. The molecule has 0 aliphatic carbocycles. The van der Waals surface area contributed by atoms with Gasteiger partial charge in [-0.2, -0.15) is 13.2 Å². The average Bonchev–Trinajstić information content (AvgIpc) is 2.61. The molecule has 29 heavy (non-hydrogen) atoms. The number of carbonyl (C=O) groups excluding carboxylic acids is 2. The van der Waals surface area contributed by atoms with Crippen molar-refractivity contribution in [3.05, 3.63) is 64.1 Å². The molecule has 0 fully saturated rings. The van der Waals surface area contributed by atoms with Crippen LogP contribution in [0.5, 0.6) is 0 Å². The van der Waals surface area contributed by atoms with Gasteiger partial charge in [0, 0.05) is 31.4 Å². The highest BCUT2D eigenvalue weighted by Crippen LogP contribution is 2.26. The number of nitrogens with one attached hydrogen (secondary N) is 1. The fourth-order valence-electron chi connectivity index (χ4n) is 2.78. The highest BCUT2D eigenvalue weighted by atomic mass is 19.4. The summed E-state index contributed by atoms with van der Waals surface area (Å²) in [6.45, 7) is 5.18. The number of anilines is 1. The van der Waals surface area contributed by atoms with Crippen molar-refractivity contribution in [1.82, 2.24) is 9.47 Å². The molecular formula is C20H22F3N3O3. The Morgan fingerprint density at radius 1 is 1.14 bits per heavy atom. The van der Waals surface area contributed by atoms with E-state index in [-0.39, 0.29) is 11.9 Å². The number of alkyl halides is 3. The van der Waals surface area contributed by atoms with Gasteiger partial charge in [0.05, 0.1) is 0 Å². The molecule has 2 aromatic rings. The third-order valence-electron chi connectivity index (χ3n) is 4.26.